The van der Waals surface area contributed by atoms with Crippen LogP contribution in [0.2, 0.25) is 0 Å². The van der Waals surface area contributed by atoms with Gasteiger partial charge in [-0.1, -0.05) is 6.07 Å². The van der Waals surface area contributed by atoms with Crippen LogP contribution >= 0.6 is 0 Å². The van der Waals surface area contributed by atoms with Crippen molar-refractivity contribution in [1.82, 2.24) is 5.32 Å². The molecule has 0 fully saturated rings. The summed E-state index contributed by atoms with van der Waals surface area (Å²) in [6.07, 6.45) is -1.23. The molecule has 20 heavy (non-hydrogen) atoms. The minimum absolute atomic E-state index is 0.124. The molecule has 0 unspecified atom stereocenters. The van der Waals surface area contributed by atoms with Gasteiger partial charge in [0.1, 0.15) is 0 Å². The molecule has 7 nitrogen and oxygen atoms in total. The fourth-order valence-electron chi connectivity index (χ4n) is 1.67. The standard InChI is InChI=1S/C13H17NO6/c1-7(15)10(13(17)18)14-12(16)8-5-4-6-9(19-2)11(8)20-3/h4-7,10,15H,1-3H3,(H,14,16)(H,17,18)/t7-,10+/m1/s1. The van der Waals surface area contributed by atoms with Crippen LogP contribution in [-0.2, 0) is 4.79 Å². The van der Waals surface area contributed by atoms with E-state index in [4.69, 9.17) is 14.6 Å². The number of carboxylic acids is 1. The van der Waals surface area contributed by atoms with Crippen molar-refractivity contribution in [2.24, 2.45) is 0 Å². The number of nitrogens with one attached hydrogen (secondary N) is 1. The Hall–Kier alpha value is -2.28. The summed E-state index contributed by atoms with van der Waals surface area (Å²) in [5.41, 5.74) is 0.124. The molecule has 1 amide bonds. The third-order valence-corrected chi connectivity index (χ3v) is 2.68. The van der Waals surface area contributed by atoms with Gasteiger partial charge in [-0.3, -0.25) is 4.79 Å². The number of aliphatic carboxylic acids is 1. The van der Waals surface area contributed by atoms with Crippen LogP contribution in [0.15, 0.2) is 18.2 Å². The Labute approximate surface area is 116 Å². The molecule has 3 N–H and O–H groups in total. The first-order valence-corrected chi connectivity index (χ1v) is 5.85. The zero-order valence-corrected chi connectivity index (χ0v) is 11.4. The lowest BCUT2D eigenvalue weighted by Crippen LogP contribution is -2.47. The third-order valence-electron chi connectivity index (χ3n) is 2.68. The van der Waals surface area contributed by atoms with Crippen LogP contribution in [0.25, 0.3) is 0 Å². The van der Waals surface area contributed by atoms with E-state index >= 15 is 0 Å². The highest BCUT2D eigenvalue weighted by molar-refractivity contribution is 5.99. The van der Waals surface area contributed by atoms with Gasteiger partial charge in [0.25, 0.3) is 5.91 Å². The van der Waals surface area contributed by atoms with Crippen LogP contribution in [0, 0.1) is 0 Å². The van der Waals surface area contributed by atoms with Crippen LogP contribution in [0.3, 0.4) is 0 Å². The minimum atomic E-state index is -1.40. The first-order chi connectivity index (χ1) is 9.42. The quantitative estimate of drug-likeness (QED) is 0.692. The molecular formula is C13H17NO6. The zero-order valence-electron chi connectivity index (χ0n) is 11.4. The Morgan fingerprint density at radius 2 is 1.90 bits per heavy atom. The van der Waals surface area contributed by atoms with E-state index in [2.05, 4.69) is 5.32 Å². The third kappa shape index (κ3) is 3.39. The lowest BCUT2D eigenvalue weighted by atomic mass is 10.1. The highest BCUT2D eigenvalue weighted by Crippen LogP contribution is 2.30. The number of carboxylic acid groups (broad SMARTS) is 1. The topological polar surface area (TPSA) is 105 Å². The summed E-state index contributed by atoms with van der Waals surface area (Å²) in [6, 6.07) is 3.25. The summed E-state index contributed by atoms with van der Waals surface area (Å²) in [5, 5.41) is 20.5. The molecule has 0 saturated carbocycles. The Bertz CT molecular complexity index is 500. The number of ether oxygens (including phenoxy) is 2. The van der Waals surface area contributed by atoms with Crippen molar-refractivity contribution in [3.05, 3.63) is 23.8 Å². The van der Waals surface area contributed by atoms with E-state index < -0.39 is 24.0 Å². The average molecular weight is 283 g/mol. The van der Waals surface area contributed by atoms with Crippen molar-refractivity contribution in [3.8, 4) is 11.5 Å². The number of hydrogen-bond donors (Lipinski definition) is 3. The van der Waals surface area contributed by atoms with Crippen LogP contribution in [0.4, 0.5) is 0 Å². The molecule has 7 heteroatoms. The smallest absolute Gasteiger partial charge is 0.328 e. The van der Waals surface area contributed by atoms with E-state index in [0.717, 1.165) is 0 Å². The maximum absolute atomic E-state index is 12.1. The lowest BCUT2D eigenvalue weighted by molar-refractivity contribution is -0.141. The Kier molecular flexibility index (Phi) is 5.33. The number of benzene rings is 1. The highest BCUT2D eigenvalue weighted by atomic mass is 16.5. The molecule has 0 aliphatic carbocycles. The van der Waals surface area contributed by atoms with Gasteiger partial charge in [-0.2, -0.15) is 0 Å². The van der Waals surface area contributed by atoms with Crippen molar-refractivity contribution in [2.45, 2.75) is 19.1 Å². The first-order valence-electron chi connectivity index (χ1n) is 5.85. The zero-order chi connectivity index (χ0) is 15.3. The molecular weight excluding hydrogens is 266 g/mol. The average Bonchev–Trinajstić information content (AvgIpc) is 2.42. The van der Waals surface area contributed by atoms with E-state index in [-0.39, 0.29) is 11.3 Å². The van der Waals surface area contributed by atoms with Crippen molar-refractivity contribution < 1.29 is 29.3 Å². The second-order valence-corrected chi connectivity index (χ2v) is 4.07. The van der Waals surface area contributed by atoms with E-state index in [9.17, 15) is 14.7 Å². The summed E-state index contributed by atoms with van der Waals surface area (Å²) in [7, 11) is 2.80. The van der Waals surface area contributed by atoms with Gasteiger partial charge in [0.2, 0.25) is 0 Å². The van der Waals surface area contributed by atoms with Gasteiger partial charge in [-0.15, -0.1) is 0 Å². The fraction of sp³-hybridized carbons (Fsp3) is 0.385. The molecule has 2 atom stereocenters. The van der Waals surface area contributed by atoms with Crippen molar-refractivity contribution in [1.29, 1.82) is 0 Å². The second-order valence-electron chi connectivity index (χ2n) is 4.07. The summed E-state index contributed by atoms with van der Waals surface area (Å²) >= 11 is 0. The van der Waals surface area contributed by atoms with E-state index in [1.54, 1.807) is 12.1 Å². The number of carbonyl (C=O) groups is 2. The summed E-state index contributed by atoms with van der Waals surface area (Å²) in [5.74, 6) is -1.45. The maximum atomic E-state index is 12.1. The maximum Gasteiger partial charge on any atom is 0.328 e. The molecule has 1 aromatic carbocycles. The summed E-state index contributed by atoms with van der Waals surface area (Å²) in [6.45, 7) is 1.28. The van der Waals surface area contributed by atoms with Crippen molar-refractivity contribution in [2.75, 3.05) is 14.2 Å². The second kappa shape index (κ2) is 6.76. The number of methoxy groups -OCH3 is 2. The van der Waals surface area contributed by atoms with Crippen LogP contribution in [0.5, 0.6) is 11.5 Å². The summed E-state index contributed by atoms with van der Waals surface area (Å²) in [4.78, 5) is 23.0. The highest BCUT2D eigenvalue weighted by Gasteiger charge is 2.27. The van der Waals surface area contributed by atoms with Gasteiger partial charge < -0.3 is 25.0 Å². The Morgan fingerprint density at radius 1 is 1.25 bits per heavy atom. The molecule has 1 aromatic rings. The molecule has 110 valence electrons. The SMILES string of the molecule is COc1cccc(C(=O)N[C@H](C(=O)O)[C@@H](C)O)c1OC. The van der Waals surface area contributed by atoms with Gasteiger partial charge in [0, 0.05) is 0 Å². The molecule has 0 bridgehead atoms. The number of carbonyl (C=O) groups excluding carboxylic acids is 1. The molecule has 0 heterocycles. The Morgan fingerprint density at radius 3 is 2.35 bits per heavy atom. The van der Waals surface area contributed by atoms with E-state index in [1.165, 1.54) is 27.2 Å². The van der Waals surface area contributed by atoms with Gasteiger partial charge >= 0.3 is 5.97 Å². The monoisotopic (exact) mass is 283 g/mol. The molecule has 0 aliphatic heterocycles. The number of aliphatic hydroxyl groups excluding tert-OH is 1. The number of rotatable bonds is 6. The van der Waals surface area contributed by atoms with E-state index in [0.29, 0.717) is 5.75 Å². The lowest BCUT2D eigenvalue weighted by Gasteiger charge is -2.18. The summed E-state index contributed by atoms with van der Waals surface area (Å²) < 4.78 is 10.2. The number of amides is 1. The molecule has 0 aromatic heterocycles. The van der Waals surface area contributed by atoms with Crippen LogP contribution in [-0.4, -0.2) is 48.5 Å². The molecule has 1 rings (SSSR count). The number of hydrogen-bond acceptors (Lipinski definition) is 5. The molecule has 0 aliphatic rings. The molecule has 0 spiro atoms. The molecule has 0 saturated heterocycles. The fourth-order valence-corrected chi connectivity index (χ4v) is 1.67. The van der Waals surface area contributed by atoms with Gasteiger partial charge in [-0.25, -0.2) is 4.79 Å². The van der Waals surface area contributed by atoms with Gasteiger partial charge in [0.05, 0.1) is 25.9 Å². The van der Waals surface area contributed by atoms with Crippen LogP contribution in [0.1, 0.15) is 17.3 Å². The Balaban J connectivity index is 3.06. The van der Waals surface area contributed by atoms with Crippen molar-refractivity contribution >= 4 is 11.9 Å². The van der Waals surface area contributed by atoms with Crippen LogP contribution < -0.4 is 14.8 Å². The normalized spacial score (nSPS) is 13.2. The van der Waals surface area contributed by atoms with Gasteiger partial charge in [0.15, 0.2) is 17.5 Å². The minimum Gasteiger partial charge on any atom is -0.493 e. The predicted octanol–water partition coefficient (Wildman–Crippen LogP) is 0.268. The first kappa shape index (κ1) is 15.8. The van der Waals surface area contributed by atoms with Gasteiger partial charge in [-0.05, 0) is 19.1 Å². The van der Waals surface area contributed by atoms with Crippen molar-refractivity contribution in [3.63, 3.8) is 0 Å². The predicted molar refractivity (Wildman–Crippen MR) is 70.1 cm³/mol. The number of aliphatic hydroxyl groups is 1. The number of para-hydroxylation sites is 1. The largest absolute Gasteiger partial charge is 0.493 e. The molecule has 0 radical (unpaired) electrons. The van der Waals surface area contributed by atoms with E-state index in [1.807, 2.05) is 0 Å².